The zero-order chi connectivity index (χ0) is 7.49. The molecule has 0 saturated carbocycles. The third-order valence-electron chi connectivity index (χ3n) is 0.485. The van der Waals surface area contributed by atoms with E-state index in [1.807, 2.05) is 0 Å². The highest BCUT2D eigenvalue weighted by atomic mass is 127. The molecule has 0 unspecified atom stereocenters. The third-order valence-corrected chi connectivity index (χ3v) is 0.866. The maximum atomic E-state index is 11.2. The van der Waals surface area contributed by atoms with Crippen molar-refractivity contribution in [2.45, 2.75) is 6.18 Å². The Balaban J connectivity index is 3.74. The molecule has 0 aromatic rings. The van der Waals surface area contributed by atoms with Gasteiger partial charge in [-0.2, -0.15) is 13.2 Å². The van der Waals surface area contributed by atoms with Gasteiger partial charge in [0.1, 0.15) is 0 Å². The second-order valence-corrected chi connectivity index (χ2v) is 1.90. The molecule has 6 heteroatoms. The second-order valence-electron chi connectivity index (χ2n) is 1.14. The van der Waals surface area contributed by atoms with Crippen molar-refractivity contribution in [1.29, 1.82) is 0 Å². The van der Waals surface area contributed by atoms with E-state index in [-0.39, 0.29) is 4.55 Å². The summed E-state index contributed by atoms with van der Waals surface area (Å²) in [6.07, 6.45) is -4.74. The number of alkyl halides is 4. The molecule has 1 N–H and O–H groups in total. The molecule has 2 nitrogen and oxygen atoms in total. The Hall–Kier alpha value is -0.0100. The molecule has 0 aromatic heterocycles. The molecule has 0 spiro atoms. The minimum atomic E-state index is -4.74. The molecule has 54 valence electrons. The summed E-state index contributed by atoms with van der Waals surface area (Å²) < 4.78 is 33.6. The van der Waals surface area contributed by atoms with Gasteiger partial charge in [-0.1, -0.05) is 22.6 Å². The number of rotatable bonds is 1. The first-order valence-corrected chi connectivity index (χ1v) is 3.42. The number of carbonyl (C=O) groups is 1. The van der Waals surface area contributed by atoms with Crippen molar-refractivity contribution in [2.24, 2.45) is 0 Å². The summed E-state index contributed by atoms with van der Waals surface area (Å²) in [7, 11) is 0. The van der Waals surface area contributed by atoms with Crippen LogP contribution in [0.1, 0.15) is 0 Å². The Morgan fingerprint density at radius 3 is 2.11 bits per heavy atom. The standard InChI is InChI=1S/C3H3F3INO/c4-3(5,6)2(9)8-1-7/h1H2,(H,8,9). The molecule has 0 radical (unpaired) electrons. The first-order chi connectivity index (χ1) is 3.98. The van der Waals surface area contributed by atoms with Crippen LogP contribution in [0, 0.1) is 0 Å². The Labute approximate surface area is 62.9 Å². The molecule has 0 fully saturated rings. The monoisotopic (exact) mass is 253 g/mol. The lowest BCUT2D eigenvalue weighted by Crippen LogP contribution is -2.35. The fourth-order valence-electron chi connectivity index (χ4n) is 0.161. The van der Waals surface area contributed by atoms with Crippen LogP contribution in [-0.2, 0) is 4.79 Å². The summed E-state index contributed by atoms with van der Waals surface area (Å²) in [5.74, 6) is -1.89. The molecule has 1 amide bonds. The third kappa shape index (κ3) is 3.55. The fourth-order valence-corrected chi connectivity index (χ4v) is 0.507. The SMILES string of the molecule is O=C(NCI)C(F)(F)F. The van der Waals surface area contributed by atoms with Crippen LogP contribution < -0.4 is 5.32 Å². The number of nitrogens with one attached hydrogen (secondary N) is 1. The Morgan fingerprint density at radius 2 is 2.00 bits per heavy atom. The predicted octanol–water partition coefficient (Wildman–Crippen LogP) is 1.06. The van der Waals surface area contributed by atoms with Crippen molar-refractivity contribution in [2.75, 3.05) is 4.55 Å². The summed E-state index contributed by atoms with van der Waals surface area (Å²) in [6, 6.07) is 0. The molecule has 0 atom stereocenters. The predicted molar refractivity (Wildman–Crippen MR) is 33.1 cm³/mol. The van der Waals surface area contributed by atoms with Gasteiger partial charge >= 0.3 is 12.1 Å². The molecule has 0 saturated heterocycles. The zero-order valence-electron chi connectivity index (χ0n) is 4.13. The Morgan fingerprint density at radius 1 is 1.56 bits per heavy atom. The summed E-state index contributed by atoms with van der Waals surface area (Å²) in [5.41, 5.74) is 0. The fraction of sp³-hybridized carbons (Fsp3) is 0.667. The molecule has 0 rings (SSSR count). The van der Waals surface area contributed by atoms with Crippen LogP contribution in [0.4, 0.5) is 13.2 Å². The maximum absolute atomic E-state index is 11.2. The lowest BCUT2D eigenvalue weighted by atomic mass is 10.6. The minimum Gasteiger partial charge on any atom is -0.339 e. The highest BCUT2D eigenvalue weighted by Gasteiger charge is 2.37. The number of hydrogen-bond acceptors (Lipinski definition) is 1. The van der Waals surface area contributed by atoms with Crippen molar-refractivity contribution < 1.29 is 18.0 Å². The second kappa shape index (κ2) is 3.23. The molecule has 9 heavy (non-hydrogen) atoms. The smallest absolute Gasteiger partial charge is 0.339 e. The number of amides is 1. The number of hydrogen-bond donors (Lipinski definition) is 1. The van der Waals surface area contributed by atoms with Crippen molar-refractivity contribution in [3.63, 3.8) is 0 Å². The first-order valence-electron chi connectivity index (χ1n) is 1.89. The lowest BCUT2D eigenvalue weighted by Gasteiger charge is -2.03. The average molecular weight is 253 g/mol. The highest BCUT2D eigenvalue weighted by Crippen LogP contribution is 2.13. The van der Waals surface area contributed by atoms with E-state index in [9.17, 15) is 18.0 Å². The van der Waals surface area contributed by atoms with E-state index in [4.69, 9.17) is 0 Å². The quantitative estimate of drug-likeness (QED) is 0.422. The van der Waals surface area contributed by atoms with Gasteiger partial charge in [-0.15, -0.1) is 0 Å². The molecule has 0 heterocycles. The van der Waals surface area contributed by atoms with Gasteiger partial charge in [-0.05, 0) is 0 Å². The normalized spacial score (nSPS) is 11.1. The zero-order valence-corrected chi connectivity index (χ0v) is 6.28. The van der Waals surface area contributed by atoms with Crippen LogP contribution >= 0.6 is 22.6 Å². The molecule has 0 aromatic carbocycles. The van der Waals surface area contributed by atoms with Crippen molar-refractivity contribution >= 4 is 28.5 Å². The topological polar surface area (TPSA) is 29.1 Å². The average Bonchev–Trinajstić information content (AvgIpc) is 1.64. The van der Waals surface area contributed by atoms with E-state index in [1.165, 1.54) is 0 Å². The highest BCUT2D eigenvalue weighted by molar-refractivity contribution is 14.1. The van der Waals surface area contributed by atoms with Crippen LogP contribution in [0.2, 0.25) is 0 Å². The maximum Gasteiger partial charge on any atom is 0.471 e. The molecular formula is C3H3F3INO. The van der Waals surface area contributed by atoms with E-state index >= 15 is 0 Å². The van der Waals surface area contributed by atoms with Gasteiger partial charge < -0.3 is 5.32 Å². The van der Waals surface area contributed by atoms with Gasteiger partial charge in [-0.3, -0.25) is 4.79 Å². The molecule has 0 aliphatic carbocycles. The van der Waals surface area contributed by atoms with Crippen LogP contribution in [0.15, 0.2) is 0 Å². The van der Waals surface area contributed by atoms with Gasteiger partial charge in [0.25, 0.3) is 0 Å². The van der Waals surface area contributed by atoms with Gasteiger partial charge in [0.2, 0.25) is 0 Å². The van der Waals surface area contributed by atoms with E-state index < -0.39 is 12.1 Å². The van der Waals surface area contributed by atoms with E-state index in [0.717, 1.165) is 0 Å². The van der Waals surface area contributed by atoms with E-state index in [2.05, 4.69) is 0 Å². The van der Waals surface area contributed by atoms with E-state index in [1.54, 1.807) is 27.9 Å². The molecule has 0 aliphatic rings. The molecule has 0 aliphatic heterocycles. The summed E-state index contributed by atoms with van der Waals surface area (Å²) in [6.45, 7) is 0. The van der Waals surface area contributed by atoms with Crippen molar-refractivity contribution in [3.05, 3.63) is 0 Å². The first kappa shape index (κ1) is 8.99. The van der Waals surface area contributed by atoms with Crippen LogP contribution in [0.3, 0.4) is 0 Å². The van der Waals surface area contributed by atoms with Gasteiger partial charge in [0, 0.05) is 0 Å². The largest absolute Gasteiger partial charge is 0.471 e. The number of halogens is 4. The van der Waals surface area contributed by atoms with Gasteiger partial charge in [0.15, 0.2) is 0 Å². The molecular weight excluding hydrogens is 250 g/mol. The summed E-state index contributed by atoms with van der Waals surface area (Å²) in [5, 5.41) is 1.61. The summed E-state index contributed by atoms with van der Waals surface area (Å²) in [4.78, 5) is 9.82. The molecule has 0 bridgehead atoms. The van der Waals surface area contributed by atoms with Gasteiger partial charge in [-0.25, -0.2) is 0 Å². The number of carbonyl (C=O) groups excluding carboxylic acids is 1. The Kier molecular flexibility index (Phi) is 3.23. The lowest BCUT2D eigenvalue weighted by molar-refractivity contribution is -0.173. The van der Waals surface area contributed by atoms with E-state index in [0.29, 0.717) is 0 Å². The van der Waals surface area contributed by atoms with Gasteiger partial charge in [0.05, 0.1) is 4.55 Å². The van der Waals surface area contributed by atoms with Crippen LogP contribution in [-0.4, -0.2) is 16.6 Å². The Bertz CT molecular complexity index is 112. The minimum absolute atomic E-state index is 0.0316. The van der Waals surface area contributed by atoms with Crippen LogP contribution in [0.25, 0.3) is 0 Å². The summed E-state index contributed by atoms with van der Waals surface area (Å²) >= 11 is 1.61. The van der Waals surface area contributed by atoms with Crippen LogP contribution in [0.5, 0.6) is 0 Å². The van der Waals surface area contributed by atoms with Crippen molar-refractivity contribution in [1.82, 2.24) is 5.32 Å². The van der Waals surface area contributed by atoms with Crippen molar-refractivity contribution in [3.8, 4) is 0 Å².